The van der Waals surface area contributed by atoms with Gasteiger partial charge in [0.15, 0.2) is 0 Å². The Morgan fingerprint density at radius 3 is 2.12 bits per heavy atom. The van der Waals surface area contributed by atoms with Crippen LogP contribution < -0.4 is 5.73 Å². The van der Waals surface area contributed by atoms with Crippen molar-refractivity contribution in [2.75, 3.05) is 0 Å². The van der Waals surface area contributed by atoms with Gasteiger partial charge in [0.1, 0.15) is 5.37 Å². The first kappa shape index (κ1) is 7.47. The molecule has 0 aromatic carbocycles. The number of nitrogens with two attached hydrogens (primary N) is 1. The van der Waals surface area contributed by atoms with Crippen LogP contribution in [0.5, 0.6) is 0 Å². The fourth-order valence-corrected chi connectivity index (χ4v) is 0.322. The van der Waals surface area contributed by atoms with E-state index in [2.05, 4.69) is 6.42 Å². The number of hydrogen-bond acceptors (Lipinski definition) is 3. The van der Waals surface area contributed by atoms with Gasteiger partial charge in [0.05, 0.1) is 0 Å². The molecule has 8 heavy (non-hydrogen) atoms. The Bertz CT molecular complexity index is 197. The van der Waals surface area contributed by atoms with Crippen LogP contribution in [0.1, 0.15) is 6.92 Å². The van der Waals surface area contributed by atoms with E-state index in [1.54, 1.807) is 5.25 Å². The van der Waals surface area contributed by atoms with Crippen molar-refractivity contribution >= 4 is 9.84 Å². The van der Waals surface area contributed by atoms with E-state index in [-0.39, 0.29) is 0 Å². The maximum atomic E-state index is 10.3. The van der Waals surface area contributed by atoms with Gasteiger partial charge in [0, 0.05) is 5.25 Å². The molecule has 1 atom stereocenters. The molecular formula is C4H7NO2S. The molecule has 0 aromatic rings. The van der Waals surface area contributed by atoms with Crippen LogP contribution in [0.3, 0.4) is 0 Å². The summed E-state index contributed by atoms with van der Waals surface area (Å²) in [7, 11) is -3.43. The molecule has 0 fully saturated rings. The summed E-state index contributed by atoms with van der Waals surface area (Å²) in [5.41, 5.74) is 4.95. The molecule has 3 nitrogen and oxygen atoms in total. The lowest BCUT2D eigenvalue weighted by molar-refractivity contribution is 0.596. The highest BCUT2D eigenvalue weighted by Gasteiger charge is 2.10. The lowest BCUT2D eigenvalue weighted by atomic mass is 10.8. The molecule has 0 saturated carbocycles. The maximum Gasteiger partial charge on any atom is 0.231 e. The average Bonchev–Trinajstić information content (AvgIpc) is 1.67. The summed E-state index contributed by atoms with van der Waals surface area (Å²) in [6, 6.07) is 0. The molecule has 0 amide bonds. The fourth-order valence-electron chi connectivity index (χ4n) is 0.107. The molecule has 1 unspecified atom stereocenters. The first-order valence-electron chi connectivity index (χ1n) is 1.97. The van der Waals surface area contributed by atoms with Crippen molar-refractivity contribution in [1.29, 1.82) is 0 Å². The Morgan fingerprint density at radius 2 is 2.12 bits per heavy atom. The van der Waals surface area contributed by atoms with E-state index in [9.17, 15) is 8.42 Å². The summed E-state index contributed by atoms with van der Waals surface area (Å²) in [6.07, 6.45) is 4.59. The lowest BCUT2D eigenvalue weighted by Crippen LogP contribution is -2.24. The third-order valence-electron chi connectivity index (χ3n) is 0.654. The number of rotatable bonds is 1. The minimum absolute atomic E-state index is 0.951. The molecule has 4 heteroatoms. The van der Waals surface area contributed by atoms with E-state index in [1.807, 2.05) is 0 Å². The Balaban J connectivity index is 4.49. The highest BCUT2D eigenvalue weighted by Crippen LogP contribution is 1.89. The number of sulfone groups is 1. The van der Waals surface area contributed by atoms with Gasteiger partial charge < -0.3 is 5.73 Å². The third kappa shape index (κ3) is 1.52. The van der Waals surface area contributed by atoms with Gasteiger partial charge in [0.2, 0.25) is 9.84 Å². The van der Waals surface area contributed by atoms with E-state index in [4.69, 9.17) is 5.73 Å². The van der Waals surface area contributed by atoms with Crippen molar-refractivity contribution in [3.8, 4) is 11.7 Å². The normalized spacial score (nSPS) is 14.6. The predicted octanol–water partition coefficient (Wildman–Crippen LogP) is -0.703. The van der Waals surface area contributed by atoms with Crippen LogP contribution >= 0.6 is 0 Å². The Labute approximate surface area is 48.8 Å². The van der Waals surface area contributed by atoms with Crippen molar-refractivity contribution in [3.63, 3.8) is 0 Å². The van der Waals surface area contributed by atoms with Crippen LogP contribution in [-0.4, -0.2) is 13.8 Å². The number of hydrogen-bond donors (Lipinski definition) is 1. The van der Waals surface area contributed by atoms with Gasteiger partial charge in [-0.25, -0.2) is 8.42 Å². The molecular weight excluding hydrogens is 126 g/mol. The Morgan fingerprint density at radius 1 is 1.75 bits per heavy atom. The monoisotopic (exact) mass is 133 g/mol. The van der Waals surface area contributed by atoms with Gasteiger partial charge in [-0.05, 0) is 6.92 Å². The van der Waals surface area contributed by atoms with Gasteiger partial charge in [0.25, 0.3) is 0 Å². The second-order valence-corrected chi connectivity index (χ2v) is 3.44. The molecule has 0 aliphatic carbocycles. The molecule has 2 N–H and O–H groups in total. The molecule has 0 radical (unpaired) electrons. The molecule has 0 rings (SSSR count). The number of terminal acetylenes is 1. The molecule has 0 aliphatic rings. The van der Waals surface area contributed by atoms with Gasteiger partial charge >= 0.3 is 0 Å². The average molecular weight is 133 g/mol. The quantitative estimate of drug-likeness (QED) is 0.380. The topological polar surface area (TPSA) is 60.2 Å². The van der Waals surface area contributed by atoms with Crippen LogP contribution in [0, 0.1) is 11.7 Å². The Kier molecular flexibility index (Phi) is 2.02. The van der Waals surface area contributed by atoms with E-state index < -0.39 is 15.2 Å². The summed E-state index contributed by atoms with van der Waals surface area (Å²) < 4.78 is 20.7. The molecule has 0 saturated heterocycles. The van der Waals surface area contributed by atoms with E-state index in [1.165, 1.54) is 6.92 Å². The maximum absolute atomic E-state index is 10.3. The molecule has 0 aliphatic heterocycles. The summed E-state index contributed by atoms with van der Waals surface area (Å²) in [4.78, 5) is 0. The van der Waals surface area contributed by atoms with Crippen molar-refractivity contribution in [1.82, 2.24) is 0 Å². The van der Waals surface area contributed by atoms with Crippen LogP contribution in [0.4, 0.5) is 0 Å². The minimum Gasteiger partial charge on any atom is -0.315 e. The van der Waals surface area contributed by atoms with Crippen LogP contribution in [0.15, 0.2) is 0 Å². The second-order valence-electron chi connectivity index (χ2n) is 1.37. The third-order valence-corrected chi connectivity index (χ3v) is 1.96. The summed E-state index contributed by atoms with van der Waals surface area (Å²) >= 11 is 0. The Hall–Kier alpha value is -0.530. The first-order valence-corrected chi connectivity index (χ1v) is 3.52. The highest BCUT2D eigenvalue weighted by molar-refractivity contribution is 7.96. The second kappa shape index (κ2) is 2.16. The van der Waals surface area contributed by atoms with Gasteiger partial charge in [-0.1, -0.05) is 0 Å². The SMILES string of the molecule is C#CS(=O)(=O)C(C)N. The van der Waals surface area contributed by atoms with E-state index in [0.29, 0.717) is 0 Å². The molecule has 0 bridgehead atoms. The van der Waals surface area contributed by atoms with E-state index in [0.717, 1.165) is 0 Å². The molecule has 0 spiro atoms. The van der Waals surface area contributed by atoms with Crippen molar-refractivity contribution in [3.05, 3.63) is 0 Å². The summed E-state index contributed by atoms with van der Waals surface area (Å²) in [6.45, 7) is 1.33. The first-order chi connectivity index (χ1) is 3.50. The van der Waals surface area contributed by atoms with Gasteiger partial charge in [-0.15, -0.1) is 6.42 Å². The van der Waals surface area contributed by atoms with Crippen LogP contribution in [0.25, 0.3) is 0 Å². The zero-order valence-corrected chi connectivity index (χ0v) is 5.27. The summed E-state index contributed by atoms with van der Waals surface area (Å²) in [5.74, 6) is 0. The van der Waals surface area contributed by atoms with E-state index >= 15 is 0 Å². The van der Waals surface area contributed by atoms with Gasteiger partial charge in [-0.3, -0.25) is 0 Å². The van der Waals surface area contributed by atoms with Crippen LogP contribution in [0.2, 0.25) is 0 Å². The zero-order chi connectivity index (χ0) is 6.78. The van der Waals surface area contributed by atoms with Gasteiger partial charge in [-0.2, -0.15) is 0 Å². The fraction of sp³-hybridized carbons (Fsp3) is 0.500. The summed E-state index contributed by atoms with van der Waals surface area (Å²) in [5, 5.41) is 0.637. The predicted molar refractivity (Wildman–Crippen MR) is 31.4 cm³/mol. The highest BCUT2D eigenvalue weighted by atomic mass is 32.2. The standard InChI is InChI=1S/C4H7NO2S/c1-3-8(6,7)4(2)5/h1,4H,5H2,2H3. The molecule has 46 valence electrons. The smallest absolute Gasteiger partial charge is 0.231 e. The zero-order valence-electron chi connectivity index (χ0n) is 4.46. The van der Waals surface area contributed by atoms with Crippen molar-refractivity contribution in [2.45, 2.75) is 12.3 Å². The minimum atomic E-state index is -3.43. The largest absolute Gasteiger partial charge is 0.315 e. The molecule has 0 aromatic heterocycles. The molecule has 0 heterocycles. The van der Waals surface area contributed by atoms with Crippen LogP contribution in [-0.2, 0) is 9.84 Å². The van der Waals surface area contributed by atoms with Crippen molar-refractivity contribution < 1.29 is 8.42 Å². The van der Waals surface area contributed by atoms with Crippen molar-refractivity contribution in [2.24, 2.45) is 5.73 Å². The lowest BCUT2D eigenvalue weighted by Gasteiger charge is -1.96.